The van der Waals surface area contributed by atoms with E-state index >= 15 is 0 Å². The summed E-state index contributed by atoms with van der Waals surface area (Å²) in [5, 5.41) is 3.89. The molecule has 1 unspecified atom stereocenters. The summed E-state index contributed by atoms with van der Waals surface area (Å²) in [6.45, 7) is 4.22. The summed E-state index contributed by atoms with van der Waals surface area (Å²) >= 11 is 4.68. The number of hydrogen-bond acceptors (Lipinski definition) is 4. The van der Waals surface area contributed by atoms with Crippen molar-refractivity contribution in [3.8, 4) is 5.75 Å². The van der Waals surface area contributed by atoms with Gasteiger partial charge in [0.15, 0.2) is 5.17 Å². The molecule has 1 N–H and O–H groups in total. The molecule has 0 aliphatic carbocycles. The number of thioether (sulfide) groups is 1. The molecule has 3 nitrogen and oxygen atoms in total. The van der Waals surface area contributed by atoms with Crippen LogP contribution in [0.2, 0.25) is 0 Å². The predicted molar refractivity (Wildman–Crippen MR) is 83.0 cm³/mol. The van der Waals surface area contributed by atoms with Crippen LogP contribution in [0, 0.1) is 5.92 Å². The number of ether oxygens (including phenoxy) is 1. The molecule has 0 saturated carbocycles. The van der Waals surface area contributed by atoms with E-state index in [-0.39, 0.29) is 16.3 Å². The Bertz CT molecular complexity index is 549. The van der Waals surface area contributed by atoms with Crippen LogP contribution in [0.1, 0.15) is 13.8 Å². The number of amidine groups is 1. The van der Waals surface area contributed by atoms with Gasteiger partial charge in [0.05, 0.1) is 10.5 Å². The zero-order valence-corrected chi connectivity index (χ0v) is 13.8. The Morgan fingerprint density at radius 2 is 2.14 bits per heavy atom. The van der Waals surface area contributed by atoms with Crippen molar-refractivity contribution in [1.82, 2.24) is 0 Å². The summed E-state index contributed by atoms with van der Waals surface area (Å²) in [5.74, 6) is 1.11. The van der Waals surface area contributed by atoms with Gasteiger partial charge in [-0.25, -0.2) is 0 Å². The van der Waals surface area contributed by atoms with Crippen molar-refractivity contribution in [2.24, 2.45) is 10.9 Å². The number of alkyl halides is 3. The first-order chi connectivity index (χ1) is 9.74. The van der Waals surface area contributed by atoms with E-state index in [0.717, 1.165) is 10.9 Å². The molecule has 1 heterocycles. The third-order valence-electron chi connectivity index (χ3n) is 2.85. The number of nitrogens with one attached hydrogen (secondary N) is 1. The van der Waals surface area contributed by atoms with Crippen molar-refractivity contribution in [1.29, 1.82) is 0 Å². The summed E-state index contributed by atoms with van der Waals surface area (Å²) in [4.78, 5) is 4.54. The number of nitrogens with zero attached hydrogens (tertiary/aromatic N) is 1. The Hall–Kier alpha value is -0.890. The second kappa shape index (κ2) is 6.48. The van der Waals surface area contributed by atoms with Crippen LogP contribution in [-0.2, 0) is 0 Å². The first-order valence-corrected chi connectivity index (χ1v) is 8.05. The van der Waals surface area contributed by atoms with Gasteiger partial charge in [0.1, 0.15) is 5.75 Å². The van der Waals surface area contributed by atoms with Gasteiger partial charge in [-0.1, -0.05) is 25.6 Å². The van der Waals surface area contributed by atoms with E-state index in [9.17, 15) is 13.2 Å². The molecule has 0 bridgehead atoms. The maximum atomic E-state index is 12.2. The lowest BCUT2D eigenvalue weighted by molar-refractivity contribution is -0.274. The number of halogens is 4. The second-order valence-corrected chi connectivity index (χ2v) is 6.74. The molecule has 1 aliphatic heterocycles. The molecule has 8 heteroatoms. The Morgan fingerprint density at radius 1 is 1.43 bits per heavy atom. The highest BCUT2D eigenvalue weighted by Gasteiger charge is 2.32. The number of hydrogen-bond donors (Lipinski definition) is 1. The molecule has 0 aromatic heterocycles. The van der Waals surface area contributed by atoms with Gasteiger partial charge in [-0.15, -0.1) is 13.2 Å². The van der Waals surface area contributed by atoms with Gasteiger partial charge in [0, 0.05) is 11.4 Å². The molecule has 1 aliphatic rings. The summed E-state index contributed by atoms with van der Waals surface area (Å²) < 4.78 is 40.7. The van der Waals surface area contributed by atoms with Gasteiger partial charge in [0.25, 0.3) is 0 Å². The predicted octanol–water partition coefficient (Wildman–Crippen LogP) is 4.89. The molecule has 1 aromatic rings. The van der Waals surface area contributed by atoms with E-state index in [0.29, 0.717) is 11.6 Å². The Balaban J connectivity index is 2.06. The fraction of sp³-hybridized carbons (Fsp3) is 0.462. The summed E-state index contributed by atoms with van der Waals surface area (Å²) in [6.07, 6.45) is -4.70. The fourth-order valence-corrected chi connectivity index (χ4v) is 3.36. The lowest BCUT2D eigenvalue weighted by Gasteiger charge is -2.12. The van der Waals surface area contributed by atoms with Crippen LogP contribution in [0.3, 0.4) is 0 Å². The van der Waals surface area contributed by atoms with Crippen LogP contribution in [0.15, 0.2) is 27.7 Å². The van der Waals surface area contributed by atoms with E-state index in [1.807, 2.05) is 0 Å². The van der Waals surface area contributed by atoms with E-state index < -0.39 is 6.36 Å². The zero-order chi connectivity index (χ0) is 15.6. The van der Waals surface area contributed by atoms with Crippen LogP contribution in [0.5, 0.6) is 5.75 Å². The molecule has 116 valence electrons. The van der Waals surface area contributed by atoms with E-state index in [1.165, 1.54) is 18.2 Å². The van der Waals surface area contributed by atoms with E-state index in [2.05, 4.69) is 44.8 Å². The Labute approximate surface area is 133 Å². The molecule has 0 saturated heterocycles. The van der Waals surface area contributed by atoms with E-state index in [1.54, 1.807) is 11.8 Å². The van der Waals surface area contributed by atoms with Gasteiger partial charge < -0.3 is 10.1 Å². The number of rotatable bonds is 3. The van der Waals surface area contributed by atoms with Gasteiger partial charge >= 0.3 is 6.36 Å². The second-order valence-electron chi connectivity index (χ2n) is 4.87. The van der Waals surface area contributed by atoms with Crippen molar-refractivity contribution in [3.05, 3.63) is 22.7 Å². The Kier molecular flexibility index (Phi) is 5.08. The molecule has 0 radical (unpaired) electrons. The van der Waals surface area contributed by atoms with Crippen LogP contribution in [0.4, 0.5) is 18.9 Å². The SMILES string of the molecule is CC(C)C1CSC(Nc2ccc(OC(F)(F)F)c(Br)c2)=N1. The molecule has 0 amide bonds. The van der Waals surface area contributed by atoms with Crippen LogP contribution >= 0.6 is 27.7 Å². The third-order valence-corrected chi connectivity index (χ3v) is 4.46. The lowest BCUT2D eigenvalue weighted by Crippen LogP contribution is -2.17. The highest BCUT2D eigenvalue weighted by atomic mass is 79.9. The van der Waals surface area contributed by atoms with Gasteiger partial charge in [0.2, 0.25) is 0 Å². The van der Waals surface area contributed by atoms with E-state index in [4.69, 9.17) is 0 Å². The average Bonchev–Trinajstić information content (AvgIpc) is 2.80. The molecule has 2 rings (SSSR count). The number of aliphatic imine (C=N–C) groups is 1. The molecular weight excluding hydrogens is 369 g/mol. The summed E-state index contributed by atoms with van der Waals surface area (Å²) in [5.41, 5.74) is 0.659. The van der Waals surface area contributed by atoms with Crippen molar-refractivity contribution >= 4 is 38.5 Å². The number of anilines is 1. The lowest BCUT2D eigenvalue weighted by atomic mass is 10.1. The van der Waals surface area contributed by atoms with Crippen LogP contribution in [-0.4, -0.2) is 23.3 Å². The highest BCUT2D eigenvalue weighted by Crippen LogP contribution is 2.33. The summed E-state index contributed by atoms with van der Waals surface area (Å²) in [6, 6.07) is 4.60. The van der Waals surface area contributed by atoms with Crippen LogP contribution < -0.4 is 10.1 Å². The van der Waals surface area contributed by atoms with Gasteiger partial charge in [-0.2, -0.15) is 0 Å². The molecule has 1 aromatic carbocycles. The maximum absolute atomic E-state index is 12.2. The zero-order valence-electron chi connectivity index (χ0n) is 11.4. The van der Waals surface area contributed by atoms with Crippen molar-refractivity contribution in [2.75, 3.05) is 11.1 Å². The van der Waals surface area contributed by atoms with Crippen molar-refractivity contribution < 1.29 is 17.9 Å². The first kappa shape index (κ1) is 16.5. The standard InChI is InChI=1S/C13H14BrF3N2OS/c1-7(2)10-6-21-12(19-10)18-8-3-4-11(9(14)5-8)20-13(15,16)17/h3-5,7,10H,6H2,1-2H3,(H,18,19). The average molecular weight is 383 g/mol. The summed E-state index contributed by atoms with van der Waals surface area (Å²) in [7, 11) is 0. The van der Waals surface area contributed by atoms with Gasteiger partial charge in [-0.05, 0) is 40.0 Å². The fourth-order valence-electron chi connectivity index (χ4n) is 1.71. The van der Waals surface area contributed by atoms with Gasteiger partial charge in [-0.3, -0.25) is 4.99 Å². The monoisotopic (exact) mass is 382 g/mol. The topological polar surface area (TPSA) is 33.6 Å². The largest absolute Gasteiger partial charge is 0.573 e. The Morgan fingerprint density at radius 3 is 2.67 bits per heavy atom. The minimum atomic E-state index is -4.70. The number of benzene rings is 1. The maximum Gasteiger partial charge on any atom is 0.573 e. The smallest absolute Gasteiger partial charge is 0.405 e. The molecule has 1 atom stereocenters. The van der Waals surface area contributed by atoms with Crippen molar-refractivity contribution in [2.45, 2.75) is 26.3 Å². The minimum Gasteiger partial charge on any atom is -0.405 e. The quantitative estimate of drug-likeness (QED) is 0.807. The molecule has 0 fully saturated rings. The van der Waals surface area contributed by atoms with Crippen molar-refractivity contribution in [3.63, 3.8) is 0 Å². The molecule has 0 spiro atoms. The van der Waals surface area contributed by atoms with Crippen LogP contribution in [0.25, 0.3) is 0 Å². The first-order valence-electron chi connectivity index (χ1n) is 6.27. The normalized spacial score (nSPS) is 18.8. The molecular formula is C13H14BrF3N2OS. The molecule has 21 heavy (non-hydrogen) atoms. The highest BCUT2D eigenvalue weighted by molar-refractivity contribution is 9.10. The third kappa shape index (κ3) is 4.81. The minimum absolute atomic E-state index is 0.230.